The summed E-state index contributed by atoms with van der Waals surface area (Å²) in [7, 11) is 0. The third-order valence-corrected chi connectivity index (χ3v) is 3.87. The SMILES string of the molecule is CC(C)=CCNC1CCCC(C(C)C)CC1. The molecule has 0 heterocycles. The molecule has 0 amide bonds. The van der Waals surface area contributed by atoms with Gasteiger partial charge in [0.2, 0.25) is 0 Å². The molecule has 1 saturated carbocycles. The molecule has 1 aliphatic rings. The lowest BCUT2D eigenvalue weighted by Crippen LogP contribution is -2.28. The molecule has 1 nitrogen and oxygen atoms in total. The van der Waals surface area contributed by atoms with Gasteiger partial charge in [-0.25, -0.2) is 0 Å². The van der Waals surface area contributed by atoms with Crippen LogP contribution in [0.3, 0.4) is 0 Å². The van der Waals surface area contributed by atoms with Crippen molar-refractivity contribution in [3.8, 4) is 0 Å². The number of nitrogens with one attached hydrogen (secondary N) is 1. The van der Waals surface area contributed by atoms with Crippen molar-refractivity contribution in [1.29, 1.82) is 0 Å². The average Bonchev–Trinajstić information content (AvgIpc) is 2.42. The minimum absolute atomic E-state index is 0.763. The summed E-state index contributed by atoms with van der Waals surface area (Å²) in [6.07, 6.45) is 9.32. The van der Waals surface area contributed by atoms with Crippen molar-refractivity contribution in [2.24, 2.45) is 11.8 Å². The van der Waals surface area contributed by atoms with E-state index >= 15 is 0 Å². The molecule has 16 heavy (non-hydrogen) atoms. The fraction of sp³-hybridized carbons (Fsp3) is 0.867. The van der Waals surface area contributed by atoms with Crippen LogP contribution in [-0.4, -0.2) is 12.6 Å². The number of allylic oxidation sites excluding steroid dienone is 1. The maximum absolute atomic E-state index is 3.68. The summed E-state index contributed by atoms with van der Waals surface area (Å²) in [6, 6.07) is 0.763. The van der Waals surface area contributed by atoms with E-state index in [2.05, 4.69) is 39.1 Å². The molecule has 1 rings (SSSR count). The molecular formula is C15H29N. The number of rotatable bonds is 4. The van der Waals surface area contributed by atoms with Crippen LogP contribution in [0.2, 0.25) is 0 Å². The van der Waals surface area contributed by atoms with Crippen LogP contribution < -0.4 is 5.32 Å². The first-order chi connectivity index (χ1) is 7.59. The molecule has 1 heteroatoms. The van der Waals surface area contributed by atoms with E-state index in [0.29, 0.717) is 0 Å². The first-order valence-corrected chi connectivity index (χ1v) is 6.96. The maximum atomic E-state index is 3.68. The molecule has 2 atom stereocenters. The molecule has 0 aliphatic heterocycles. The van der Waals surface area contributed by atoms with Gasteiger partial charge in [0.1, 0.15) is 0 Å². The minimum Gasteiger partial charge on any atom is -0.311 e. The zero-order chi connectivity index (χ0) is 12.0. The Labute approximate surface area is 102 Å². The smallest absolute Gasteiger partial charge is 0.0139 e. The molecule has 0 spiro atoms. The van der Waals surface area contributed by atoms with Crippen LogP contribution in [0.4, 0.5) is 0 Å². The second kappa shape index (κ2) is 7.11. The molecule has 1 fully saturated rings. The van der Waals surface area contributed by atoms with Gasteiger partial charge in [0.05, 0.1) is 0 Å². The van der Waals surface area contributed by atoms with Crippen LogP contribution in [0.15, 0.2) is 11.6 Å². The van der Waals surface area contributed by atoms with Crippen molar-refractivity contribution in [2.75, 3.05) is 6.54 Å². The summed E-state index contributed by atoms with van der Waals surface area (Å²) in [6.45, 7) is 10.1. The summed E-state index contributed by atoms with van der Waals surface area (Å²) < 4.78 is 0. The van der Waals surface area contributed by atoms with Crippen molar-refractivity contribution >= 4 is 0 Å². The molecule has 0 saturated heterocycles. The molecule has 1 aliphatic carbocycles. The predicted octanol–water partition coefficient (Wildman–Crippen LogP) is 4.15. The molecule has 0 aromatic rings. The molecule has 0 aromatic carbocycles. The van der Waals surface area contributed by atoms with Crippen molar-refractivity contribution < 1.29 is 0 Å². The van der Waals surface area contributed by atoms with E-state index < -0.39 is 0 Å². The van der Waals surface area contributed by atoms with Gasteiger partial charge in [0, 0.05) is 12.6 Å². The van der Waals surface area contributed by atoms with E-state index in [1.165, 1.54) is 37.7 Å². The number of hydrogen-bond donors (Lipinski definition) is 1. The highest BCUT2D eigenvalue weighted by molar-refractivity contribution is 4.95. The van der Waals surface area contributed by atoms with Gasteiger partial charge in [-0.2, -0.15) is 0 Å². The van der Waals surface area contributed by atoms with Gasteiger partial charge in [-0.15, -0.1) is 0 Å². The molecule has 0 bridgehead atoms. The highest BCUT2D eigenvalue weighted by atomic mass is 14.9. The summed E-state index contributed by atoms with van der Waals surface area (Å²) in [5.74, 6) is 1.84. The lowest BCUT2D eigenvalue weighted by Gasteiger charge is -2.18. The quantitative estimate of drug-likeness (QED) is 0.558. The summed E-state index contributed by atoms with van der Waals surface area (Å²) in [4.78, 5) is 0. The van der Waals surface area contributed by atoms with Crippen LogP contribution in [0.1, 0.15) is 59.8 Å². The fourth-order valence-corrected chi connectivity index (χ4v) is 2.63. The molecule has 0 radical (unpaired) electrons. The largest absolute Gasteiger partial charge is 0.311 e. The molecule has 1 N–H and O–H groups in total. The van der Waals surface area contributed by atoms with E-state index in [1.54, 1.807) is 0 Å². The van der Waals surface area contributed by atoms with E-state index in [1.807, 2.05) is 0 Å². The third-order valence-electron chi connectivity index (χ3n) is 3.87. The lowest BCUT2D eigenvalue weighted by molar-refractivity contribution is 0.338. The topological polar surface area (TPSA) is 12.0 Å². The van der Waals surface area contributed by atoms with E-state index in [9.17, 15) is 0 Å². The normalized spacial score (nSPS) is 26.6. The second-order valence-electron chi connectivity index (χ2n) is 5.90. The van der Waals surface area contributed by atoms with Crippen molar-refractivity contribution in [3.63, 3.8) is 0 Å². The van der Waals surface area contributed by atoms with Crippen molar-refractivity contribution in [1.82, 2.24) is 5.32 Å². The molecule has 2 unspecified atom stereocenters. The van der Waals surface area contributed by atoms with Gasteiger partial charge in [-0.3, -0.25) is 0 Å². The summed E-state index contributed by atoms with van der Waals surface area (Å²) >= 11 is 0. The van der Waals surface area contributed by atoms with Crippen LogP contribution in [0, 0.1) is 11.8 Å². The van der Waals surface area contributed by atoms with Crippen molar-refractivity contribution in [3.05, 3.63) is 11.6 Å². The zero-order valence-corrected chi connectivity index (χ0v) is 11.6. The maximum Gasteiger partial charge on any atom is 0.0139 e. The van der Waals surface area contributed by atoms with Crippen LogP contribution in [0.5, 0.6) is 0 Å². The van der Waals surface area contributed by atoms with Crippen LogP contribution in [-0.2, 0) is 0 Å². The predicted molar refractivity (Wildman–Crippen MR) is 72.6 cm³/mol. The average molecular weight is 223 g/mol. The lowest BCUT2D eigenvalue weighted by atomic mass is 9.89. The first-order valence-electron chi connectivity index (χ1n) is 6.96. The highest BCUT2D eigenvalue weighted by Gasteiger charge is 2.20. The Kier molecular flexibility index (Phi) is 6.12. The van der Waals surface area contributed by atoms with Crippen LogP contribution >= 0.6 is 0 Å². The van der Waals surface area contributed by atoms with Crippen molar-refractivity contribution in [2.45, 2.75) is 65.8 Å². The van der Waals surface area contributed by atoms with Gasteiger partial charge in [-0.05, 0) is 44.9 Å². The Bertz CT molecular complexity index is 213. The van der Waals surface area contributed by atoms with E-state index in [4.69, 9.17) is 0 Å². The van der Waals surface area contributed by atoms with Gasteiger partial charge < -0.3 is 5.32 Å². The number of hydrogen-bond acceptors (Lipinski definition) is 1. The molecule has 94 valence electrons. The summed E-state index contributed by atoms with van der Waals surface area (Å²) in [5.41, 5.74) is 1.42. The Morgan fingerprint density at radius 2 is 1.94 bits per heavy atom. The molecule has 0 aromatic heterocycles. The second-order valence-corrected chi connectivity index (χ2v) is 5.90. The van der Waals surface area contributed by atoms with Crippen LogP contribution in [0.25, 0.3) is 0 Å². The first kappa shape index (κ1) is 13.8. The standard InChI is InChI=1S/C15H29N/c1-12(2)10-11-16-15-7-5-6-14(8-9-15)13(3)4/h10,13-16H,5-9,11H2,1-4H3. The zero-order valence-electron chi connectivity index (χ0n) is 11.6. The van der Waals surface area contributed by atoms with E-state index in [0.717, 1.165) is 24.4 Å². The fourth-order valence-electron chi connectivity index (χ4n) is 2.63. The van der Waals surface area contributed by atoms with Gasteiger partial charge in [-0.1, -0.05) is 38.3 Å². The Morgan fingerprint density at radius 3 is 2.56 bits per heavy atom. The summed E-state index contributed by atoms with van der Waals surface area (Å²) in [5, 5.41) is 3.68. The van der Waals surface area contributed by atoms with E-state index in [-0.39, 0.29) is 0 Å². The minimum atomic E-state index is 0.763. The van der Waals surface area contributed by atoms with Gasteiger partial charge >= 0.3 is 0 Å². The van der Waals surface area contributed by atoms with Gasteiger partial charge in [0.15, 0.2) is 0 Å². The monoisotopic (exact) mass is 223 g/mol. The Morgan fingerprint density at radius 1 is 1.19 bits per heavy atom. The third kappa shape index (κ3) is 5.16. The Balaban J connectivity index is 2.27. The molecular weight excluding hydrogens is 194 g/mol. The Hall–Kier alpha value is -0.300. The highest BCUT2D eigenvalue weighted by Crippen LogP contribution is 2.28. The van der Waals surface area contributed by atoms with Gasteiger partial charge in [0.25, 0.3) is 0 Å².